The molecule has 4 rings (SSSR count). The van der Waals surface area contributed by atoms with Crippen molar-refractivity contribution >= 4 is 5.91 Å². The first-order valence-corrected chi connectivity index (χ1v) is 8.98. The van der Waals surface area contributed by atoms with Crippen LogP contribution in [0.5, 0.6) is 11.6 Å². The first-order chi connectivity index (χ1) is 13.6. The predicted molar refractivity (Wildman–Crippen MR) is 102 cm³/mol. The second-order valence-corrected chi connectivity index (χ2v) is 6.64. The lowest BCUT2D eigenvalue weighted by atomic mass is 9.81. The molecule has 2 aromatic heterocycles. The number of rotatable bonds is 4. The van der Waals surface area contributed by atoms with E-state index in [2.05, 4.69) is 20.5 Å². The zero-order chi connectivity index (χ0) is 19.6. The minimum absolute atomic E-state index is 0.205. The molecular formula is C21H20N4O3. The zero-order valence-corrected chi connectivity index (χ0v) is 15.7. The Balaban J connectivity index is 1.78. The van der Waals surface area contributed by atoms with Crippen molar-refractivity contribution in [1.29, 1.82) is 0 Å². The van der Waals surface area contributed by atoms with Gasteiger partial charge in [0.25, 0.3) is 5.91 Å². The fraction of sp³-hybridized carbons (Fsp3) is 0.238. The third-order valence-corrected chi connectivity index (χ3v) is 4.86. The van der Waals surface area contributed by atoms with Crippen molar-refractivity contribution in [1.82, 2.24) is 20.5 Å². The maximum Gasteiger partial charge on any atom is 0.272 e. The van der Waals surface area contributed by atoms with Crippen molar-refractivity contribution in [2.24, 2.45) is 0 Å². The van der Waals surface area contributed by atoms with E-state index >= 15 is 0 Å². The highest BCUT2D eigenvalue weighted by Gasteiger charge is 2.42. The van der Waals surface area contributed by atoms with Crippen molar-refractivity contribution in [3.63, 3.8) is 0 Å². The average molecular weight is 376 g/mol. The Hall–Kier alpha value is -3.48. The van der Waals surface area contributed by atoms with Crippen LogP contribution in [0.15, 0.2) is 54.7 Å². The number of methoxy groups -OCH3 is 1. The number of benzene rings is 1. The van der Waals surface area contributed by atoms with Gasteiger partial charge in [-0.15, -0.1) is 10.2 Å². The monoisotopic (exact) mass is 376 g/mol. The summed E-state index contributed by atoms with van der Waals surface area (Å²) in [5.41, 5.74) is 2.15. The Kier molecular flexibility index (Phi) is 4.65. The van der Waals surface area contributed by atoms with E-state index in [-0.39, 0.29) is 11.6 Å². The van der Waals surface area contributed by atoms with Crippen LogP contribution >= 0.6 is 0 Å². The number of hydrogen-bond acceptors (Lipinski definition) is 6. The SMILES string of the molecule is COc1ccc(C(=O)N[C@]2(c3ccc(C)cc3)CCOc3cccnc32)nn1. The maximum atomic E-state index is 13.0. The van der Waals surface area contributed by atoms with Gasteiger partial charge in [-0.25, -0.2) is 0 Å². The van der Waals surface area contributed by atoms with Crippen LogP contribution in [-0.4, -0.2) is 34.8 Å². The molecule has 7 nitrogen and oxygen atoms in total. The minimum atomic E-state index is -0.818. The second kappa shape index (κ2) is 7.26. The molecule has 3 heterocycles. The van der Waals surface area contributed by atoms with Gasteiger partial charge in [0.1, 0.15) is 17.0 Å². The largest absolute Gasteiger partial charge is 0.491 e. The molecule has 0 aliphatic carbocycles. The Morgan fingerprint density at radius 1 is 1.14 bits per heavy atom. The summed E-state index contributed by atoms with van der Waals surface area (Å²) in [7, 11) is 1.50. The summed E-state index contributed by atoms with van der Waals surface area (Å²) in [5.74, 6) is 0.674. The molecule has 28 heavy (non-hydrogen) atoms. The Morgan fingerprint density at radius 2 is 1.96 bits per heavy atom. The van der Waals surface area contributed by atoms with Crippen LogP contribution in [0.3, 0.4) is 0 Å². The fourth-order valence-corrected chi connectivity index (χ4v) is 3.38. The molecule has 3 aromatic rings. The number of pyridine rings is 1. The molecule has 1 aliphatic heterocycles. The molecule has 7 heteroatoms. The zero-order valence-electron chi connectivity index (χ0n) is 15.7. The molecule has 1 atom stereocenters. The van der Waals surface area contributed by atoms with E-state index in [0.717, 1.165) is 11.1 Å². The highest BCUT2D eigenvalue weighted by Crippen LogP contribution is 2.40. The minimum Gasteiger partial charge on any atom is -0.491 e. The summed E-state index contributed by atoms with van der Waals surface area (Å²) in [5, 5.41) is 11.0. The average Bonchev–Trinajstić information content (AvgIpc) is 2.74. The van der Waals surface area contributed by atoms with Crippen LogP contribution in [0, 0.1) is 6.92 Å². The third-order valence-electron chi connectivity index (χ3n) is 4.86. The van der Waals surface area contributed by atoms with Crippen LogP contribution in [0.1, 0.15) is 33.7 Å². The Morgan fingerprint density at radius 3 is 2.68 bits per heavy atom. The molecule has 0 fully saturated rings. The van der Waals surface area contributed by atoms with Gasteiger partial charge in [-0.3, -0.25) is 9.78 Å². The molecular weight excluding hydrogens is 356 g/mol. The van der Waals surface area contributed by atoms with E-state index in [4.69, 9.17) is 9.47 Å². The van der Waals surface area contributed by atoms with Gasteiger partial charge in [0.2, 0.25) is 5.88 Å². The van der Waals surface area contributed by atoms with Crippen LogP contribution in [0.2, 0.25) is 0 Å². The highest BCUT2D eigenvalue weighted by molar-refractivity contribution is 5.93. The first-order valence-electron chi connectivity index (χ1n) is 8.98. The predicted octanol–water partition coefficient (Wildman–Crippen LogP) is 2.64. The lowest BCUT2D eigenvalue weighted by Crippen LogP contribution is -2.50. The number of fused-ring (bicyclic) bond motifs is 1. The summed E-state index contributed by atoms with van der Waals surface area (Å²) >= 11 is 0. The lowest BCUT2D eigenvalue weighted by Gasteiger charge is -2.38. The third kappa shape index (κ3) is 3.15. The first kappa shape index (κ1) is 17.9. The van der Waals surface area contributed by atoms with Gasteiger partial charge >= 0.3 is 0 Å². The highest BCUT2D eigenvalue weighted by atomic mass is 16.5. The van der Waals surface area contributed by atoms with Crippen molar-refractivity contribution < 1.29 is 14.3 Å². The molecule has 0 bridgehead atoms. The lowest BCUT2D eigenvalue weighted by molar-refractivity contribution is 0.0877. The molecule has 1 aliphatic rings. The number of nitrogens with one attached hydrogen (secondary N) is 1. The quantitative estimate of drug-likeness (QED) is 0.753. The normalized spacial score (nSPS) is 17.9. The van der Waals surface area contributed by atoms with E-state index in [1.165, 1.54) is 7.11 Å². The van der Waals surface area contributed by atoms with Crippen LogP contribution < -0.4 is 14.8 Å². The number of aromatic nitrogens is 3. The molecule has 1 amide bonds. The van der Waals surface area contributed by atoms with E-state index < -0.39 is 5.54 Å². The molecule has 0 saturated heterocycles. The Bertz CT molecular complexity index is 989. The molecule has 0 radical (unpaired) electrons. The van der Waals surface area contributed by atoms with Crippen LogP contribution in [0.4, 0.5) is 0 Å². The summed E-state index contributed by atoms with van der Waals surface area (Å²) < 4.78 is 10.8. The van der Waals surface area contributed by atoms with E-state index in [0.29, 0.717) is 30.4 Å². The number of ether oxygens (including phenoxy) is 2. The smallest absolute Gasteiger partial charge is 0.272 e. The summed E-state index contributed by atoms with van der Waals surface area (Å²) in [6, 6.07) is 14.9. The number of amides is 1. The fourth-order valence-electron chi connectivity index (χ4n) is 3.38. The van der Waals surface area contributed by atoms with Crippen LogP contribution in [-0.2, 0) is 5.54 Å². The van der Waals surface area contributed by atoms with E-state index in [1.54, 1.807) is 18.3 Å². The van der Waals surface area contributed by atoms with E-state index in [1.807, 2.05) is 43.3 Å². The summed E-state index contributed by atoms with van der Waals surface area (Å²) in [6.07, 6.45) is 2.26. The number of carbonyl (C=O) groups excluding carboxylic acids is 1. The van der Waals surface area contributed by atoms with Crippen molar-refractivity contribution in [3.05, 3.63) is 77.2 Å². The Labute approximate surface area is 162 Å². The molecule has 142 valence electrons. The standard InChI is InChI=1S/C21H20N4O3/c1-14-5-7-15(8-6-14)21(11-13-28-17-4-3-12-22-19(17)21)23-20(26)16-9-10-18(27-2)25-24-16/h3-10,12H,11,13H2,1-2H3,(H,23,26)/t21-/m0/s1. The maximum absolute atomic E-state index is 13.0. The van der Waals surface area contributed by atoms with Crippen LogP contribution in [0.25, 0.3) is 0 Å². The topological polar surface area (TPSA) is 86.2 Å². The van der Waals surface area contributed by atoms with Gasteiger partial charge in [0.15, 0.2) is 5.69 Å². The number of nitrogens with zero attached hydrogens (tertiary/aromatic N) is 3. The van der Waals surface area contributed by atoms with Gasteiger partial charge in [0.05, 0.1) is 13.7 Å². The van der Waals surface area contributed by atoms with Gasteiger partial charge in [-0.05, 0) is 30.7 Å². The van der Waals surface area contributed by atoms with Gasteiger partial charge in [-0.2, -0.15) is 0 Å². The van der Waals surface area contributed by atoms with Crippen molar-refractivity contribution in [2.75, 3.05) is 13.7 Å². The van der Waals surface area contributed by atoms with E-state index in [9.17, 15) is 4.79 Å². The van der Waals surface area contributed by atoms with Gasteiger partial charge in [0, 0.05) is 18.7 Å². The van der Waals surface area contributed by atoms with Gasteiger partial charge < -0.3 is 14.8 Å². The molecule has 1 aromatic carbocycles. The van der Waals surface area contributed by atoms with Gasteiger partial charge in [-0.1, -0.05) is 29.8 Å². The van der Waals surface area contributed by atoms with Crippen molar-refractivity contribution in [3.8, 4) is 11.6 Å². The molecule has 0 unspecified atom stereocenters. The molecule has 0 saturated carbocycles. The summed E-state index contributed by atoms with van der Waals surface area (Å²) in [6.45, 7) is 2.49. The number of aryl methyl sites for hydroxylation is 1. The number of carbonyl (C=O) groups is 1. The second-order valence-electron chi connectivity index (χ2n) is 6.64. The molecule has 0 spiro atoms. The summed E-state index contributed by atoms with van der Waals surface area (Å²) in [4.78, 5) is 17.6. The van der Waals surface area contributed by atoms with Crippen molar-refractivity contribution in [2.45, 2.75) is 18.9 Å². The molecule has 1 N–H and O–H groups in total. The number of hydrogen-bond donors (Lipinski definition) is 1.